The monoisotopic (exact) mass is 513 g/mol. The quantitative estimate of drug-likeness (QED) is 0.285. The number of benzene rings is 2. The van der Waals surface area contributed by atoms with Crippen LogP contribution in [0.15, 0.2) is 53.0 Å². The maximum Gasteiger partial charge on any atom is 0.254 e. The zero-order chi connectivity index (χ0) is 19.3. The number of halogens is 5. The molecule has 0 radical (unpaired) electrons. The van der Waals surface area contributed by atoms with Crippen LogP contribution >= 0.6 is 74.6 Å². The van der Waals surface area contributed by atoms with Crippen molar-refractivity contribution in [1.82, 2.24) is 10.6 Å². The molecule has 1 atom stereocenters. The molecule has 2 rings (SSSR count). The molecule has 0 aliphatic carbocycles. The van der Waals surface area contributed by atoms with Crippen LogP contribution in [0.5, 0.6) is 0 Å². The number of hydrogen-bond acceptors (Lipinski definition) is 2. The summed E-state index contributed by atoms with van der Waals surface area (Å²) in [6.45, 7) is 0. The Balaban J connectivity index is 2.09. The van der Waals surface area contributed by atoms with Crippen LogP contribution in [0.1, 0.15) is 10.4 Å². The highest BCUT2D eigenvalue weighted by molar-refractivity contribution is 9.10. The Bertz CT molecular complexity index is 816. The van der Waals surface area contributed by atoms with Crippen molar-refractivity contribution in [3.8, 4) is 0 Å². The van der Waals surface area contributed by atoms with E-state index < -0.39 is 15.9 Å². The van der Waals surface area contributed by atoms with Crippen LogP contribution in [0.2, 0.25) is 5.02 Å². The molecule has 0 spiro atoms. The molecule has 0 saturated carbocycles. The molecule has 0 aromatic heterocycles. The van der Waals surface area contributed by atoms with Crippen molar-refractivity contribution < 1.29 is 4.79 Å². The Morgan fingerprint density at radius 2 is 1.77 bits per heavy atom. The smallest absolute Gasteiger partial charge is 0.254 e. The van der Waals surface area contributed by atoms with Crippen LogP contribution < -0.4 is 16.0 Å². The minimum absolute atomic E-state index is 0.166. The predicted octanol–water partition coefficient (Wildman–Crippen LogP) is 5.52. The van der Waals surface area contributed by atoms with Crippen LogP contribution in [-0.4, -0.2) is 21.0 Å². The van der Waals surface area contributed by atoms with Gasteiger partial charge in [-0.05, 0) is 42.5 Å². The van der Waals surface area contributed by atoms with Gasteiger partial charge in [0.1, 0.15) is 6.17 Å². The number of thiocarbonyl (C=S) groups is 1. The molecule has 26 heavy (non-hydrogen) atoms. The van der Waals surface area contributed by atoms with E-state index in [0.717, 1.165) is 10.2 Å². The topological polar surface area (TPSA) is 53.2 Å². The van der Waals surface area contributed by atoms with Crippen LogP contribution in [0.4, 0.5) is 5.69 Å². The maximum absolute atomic E-state index is 12.4. The Hall–Kier alpha value is -0.760. The predicted molar refractivity (Wildman–Crippen MR) is 116 cm³/mol. The van der Waals surface area contributed by atoms with Gasteiger partial charge in [0.15, 0.2) is 5.11 Å². The van der Waals surface area contributed by atoms with Crippen LogP contribution in [0.25, 0.3) is 0 Å². The van der Waals surface area contributed by atoms with Gasteiger partial charge in [-0.2, -0.15) is 0 Å². The first-order chi connectivity index (χ1) is 12.2. The third-order valence-electron chi connectivity index (χ3n) is 3.08. The minimum Gasteiger partial charge on any atom is -0.339 e. The number of carbonyl (C=O) groups excluding carboxylic acids is 1. The van der Waals surface area contributed by atoms with E-state index in [9.17, 15) is 4.79 Å². The lowest BCUT2D eigenvalue weighted by atomic mass is 10.2. The summed E-state index contributed by atoms with van der Waals surface area (Å²) in [5.41, 5.74) is 0.971. The number of carbonyl (C=O) groups is 1. The second-order valence-electron chi connectivity index (χ2n) is 5.04. The average molecular weight is 516 g/mol. The SMILES string of the molecule is O=C(N[C@H](NC(=S)Nc1cccc(Br)c1)C(Cl)(Cl)Cl)c1ccccc1Cl. The van der Waals surface area contributed by atoms with Gasteiger partial charge in [-0.15, -0.1) is 0 Å². The van der Waals surface area contributed by atoms with Crippen molar-refractivity contribution in [1.29, 1.82) is 0 Å². The molecule has 1 amide bonds. The van der Waals surface area contributed by atoms with Gasteiger partial charge >= 0.3 is 0 Å². The van der Waals surface area contributed by atoms with Crippen molar-refractivity contribution in [3.63, 3.8) is 0 Å². The highest BCUT2D eigenvalue weighted by Crippen LogP contribution is 2.29. The fraction of sp³-hybridized carbons (Fsp3) is 0.125. The molecule has 138 valence electrons. The lowest BCUT2D eigenvalue weighted by Crippen LogP contribution is -2.56. The number of anilines is 1. The molecule has 0 saturated heterocycles. The molecule has 0 fully saturated rings. The third kappa shape index (κ3) is 6.44. The molecular formula is C16H12BrCl4N3OS. The Labute approximate surface area is 184 Å². The number of rotatable bonds is 4. The first kappa shape index (κ1) is 21.5. The van der Waals surface area contributed by atoms with Gasteiger partial charge in [0.05, 0.1) is 10.6 Å². The van der Waals surface area contributed by atoms with Gasteiger partial charge in [0.25, 0.3) is 5.91 Å². The van der Waals surface area contributed by atoms with E-state index in [2.05, 4.69) is 31.9 Å². The second kappa shape index (κ2) is 9.44. The van der Waals surface area contributed by atoms with Gasteiger partial charge in [-0.1, -0.05) is 80.5 Å². The summed E-state index contributed by atoms with van der Waals surface area (Å²) in [4.78, 5) is 12.4. The highest BCUT2D eigenvalue weighted by Gasteiger charge is 2.35. The molecule has 0 bridgehead atoms. The summed E-state index contributed by atoms with van der Waals surface area (Å²) in [6, 6.07) is 13.9. The number of amides is 1. The molecule has 0 unspecified atom stereocenters. The molecule has 2 aromatic rings. The molecule has 4 nitrogen and oxygen atoms in total. The summed E-state index contributed by atoms with van der Waals surface area (Å²) in [6.07, 6.45) is -1.09. The number of alkyl halides is 3. The largest absolute Gasteiger partial charge is 0.339 e. The lowest BCUT2D eigenvalue weighted by molar-refractivity contribution is 0.0934. The van der Waals surface area contributed by atoms with Gasteiger partial charge in [0.2, 0.25) is 3.79 Å². The fourth-order valence-corrected chi connectivity index (χ4v) is 3.10. The van der Waals surface area contributed by atoms with E-state index in [-0.39, 0.29) is 15.7 Å². The number of hydrogen-bond donors (Lipinski definition) is 3. The van der Waals surface area contributed by atoms with Crippen molar-refractivity contribution in [2.45, 2.75) is 9.96 Å². The van der Waals surface area contributed by atoms with E-state index in [1.54, 1.807) is 24.3 Å². The van der Waals surface area contributed by atoms with E-state index in [1.165, 1.54) is 0 Å². The van der Waals surface area contributed by atoms with Gasteiger partial charge in [-0.25, -0.2) is 0 Å². The molecular weight excluding hydrogens is 504 g/mol. The van der Waals surface area contributed by atoms with Crippen molar-refractivity contribution in [3.05, 3.63) is 63.6 Å². The average Bonchev–Trinajstić information content (AvgIpc) is 2.53. The standard InChI is InChI=1S/C16H12BrCl4N3OS/c17-9-4-3-5-10(8-9)22-15(26)24-14(16(19,20)21)23-13(25)11-6-1-2-7-12(11)18/h1-8,14H,(H,23,25)(H2,22,24,26)/t14-/m1/s1. The zero-order valence-corrected chi connectivity index (χ0v) is 18.3. The third-order valence-corrected chi connectivity index (χ3v) is 4.78. The van der Waals surface area contributed by atoms with E-state index in [1.807, 2.05) is 24.3 Å². The normalized spacial score (nSPS) is 12.2. The van der Waals surface area contributed by atoms with Crippen molar-refractivity contribution in [2.24, 2.45) is 0 Å². The van der Waals surface area contributed by atoms with Crippen LogP contribution in [0.3, 0.4) is 0 Å². The lowest BCUT2D eigenvalue weighted by Gasteiger charge is -2.28. The Morgan fingerprint density at radius 3 is 2.38 bits per heavy atom. The van der Waals surface area contributed by atoms with Crippen LogP contribution in [-0.2, 0) is 0 Å². The van der Waals surface area contributed by atoms with Gasteiger partial charge in [0, 0.05) is 10.2 Å². The van der Waals surface area contributed by atoms with E-state index in [4.69, 9.17) is 58.6 Å². The van der Waals surface area contributed by atoms with E-state index >= 15 is 0 Å². The van der Waals surface area contributed by atoms with Gasteiger partial charge in [-0.3, -0.25) is 4.79 Å². The summed E-state index contributed by atoms with van der Waals surface area (Å²) in [5, 5.41) is 8.75. The second-order valence-corrected chi connectivity index (χ2v) is 9.14. The van der Waals surface area contributed by atoms with E-state index in [0.29, 0.717) is 0 Å². The van der Waals surface area contributed by atoms with Gasteiger partial charge < -0.3 is 16.0 Å². The first-order valence-corrected chi connectivity index (χ1v) is 9.83. The molecule has 0 aliphatic heterocycles. The van der Waals surface area contributed by atoms with Crippen LogP contribution in [0, 0.1) is 0 Å². The number of nitrogens with one attached hydrogen (secondary N) is 3. The maximum atomic E-state index is 12.4. The molecule has 0 heterocycles. The Kier molecular flexibility index (Phi) is 7.82. The fourth-order valence-electron chi connectivity index (χ4n) is 1.92. The minimum atomic E-state index is -1.86. The summed E-state index contributed by atoms with van der Waals surface area (Å²) >= 11 is 32.5. The first-order valence-electron chi connectivity index (χ1n) is 7.12. The summed E-state index contributed by atoms with van der Waals surface area (Å²) in [7, 11) is 0. The summed E-state index contributed by atoms with van der Waals surface area (Å²) in [5.74, 6) is -0.510. The molecule has 0 aliphatic rings. The Morgan fingerprint density at radius 1 is 1.08 bits per heavy atom. The molecule has 2 aromatic carbocycles. The zero-order valence-electron chi connectivity index (χ0n) is 12.9. The highest BCUT2D eigenvalue weighted by atomic mass is 79.9. The van der Waals surface area contributed by atoms with Crippen molar-refractivity contribution in [2.75, 3.05) is 5.32 Å². The summed E-state index contributed by atoms with van der Waals surface area (Å²) < 4.78 is -0.991. The molecule has 10 heteroatoms. The van der Waals surface area contributed by atoms with Crippen molar-refractivity contribution >= 4 is 91.3 Å². The molecule has 3 N–H and O–H groups in total.